The molecule has 0 N–H and O–H groups in total. The second kappa shape index (κ2) is 4.63. The van der Waals surface area contributed by atoms with Gasteiger partial charge in [-0.2, -0.15) is 4.31 Å². The summed E-state index contributed by atoms with van der Waals surface area (Å²) >= 11 is 1.63. The molecule has 0 aliphatic carbocycles. The van der Waals surface area contributed by atoms with Crippen molar-refractivity contribution in [2.24, 2.45) is 0 Å². The Labute approximate surface area is 107 Å². The van der Waals surface area contributed by atoms with Gasteiger partial charge < -0.3 is 0 Å². The van der Waals surface area contributed by atoms with Crippen LogP contribution in [0.3, 0.4) is 0 Å². The average Bonchev–Trinajstić information content (AvgIpc) is 2.52. The molecule has 0 spiro atoms. The summed E-state index contributed by atoms with van der Waals surface area (Å²) in [5.74, 6) is 0.953. The fourth-order valence-electron chi connectivity index (χ4n) is 1.97. The van der Waals surface area contributed by atoms with Crippen molar-refractivity contribution in [1.29, 1.82) is 0 Å². The zero-order valence-corrected chi connectivity index (χ0v) is 12.0. The van der Waals surface area contributed by atoms with Gasteiger partial charge in [-0.3, -0.25) is 0 Å². The Morgan fingerprint density at radius 2 is 2.12 bits per heavy atom. The first kappa shape index (κ1) is 12.9. The van der Waals surface area contributed by atoms with Crippen molar-refractivity contribution in [1.82, 2.24) is 4.31 Å². The topological polar surface area (TPSA) is 37.4 Å². The van der Waals surface area contributed by atoms with Gasteiger partial charge in [-0.25, -0.2) is 8.42 Å². The molecule has 2 rings (SSSR count). The van der Waals surface area contributed by atoms with Crippen molar-refractivity contribution in [2.75, 3.05) is 12.8 Å². The highest BCUT2D eigenvalue weighted by atomic mass is 32.2. The van der Waals surface area contributed by atoms with E-state index in [1.165, 1.54) is 4.31 Å². The highest BCUT2D eigenvalue weighted by molar-refractivity contribution is 8.00. The number of benzene rings is 1. The van der Waals surface area contributed by atoms with Crippen LogP contribution in [0.15, 0.2) is 21.9 Å². The number of aryl methyl sites for hydroxylation is 1. The van der Waals surface area contributed by atoms with E-state index in [4.69, 9.17) is 0 Å². The van der Waals surface area contributed by atoms with Gasteiger partial charge in [0, 0.05) is 18.5 Å². The third-order valence-electron chi connectivity index (χ3n) is 2.97. The third kappa shape index (κ3) is 2.11. The molecule has 0 fully saturated rings. The molecular formula is C12H17NO2S2. The summed E-state index contributed by atoms with van der Waals surface area (Å²) in [6.07, 6.45) is 1.04. The fraction of sp³-hybridized carbons (Fsp3) is 0.500. The predicted octanol–water partition coefficient (Wildman–Crippen LogP) is 2.63. The zero-order chi connectivity index (χ0) is 12.6. The van der Waals surface area contributed by atoms with Gasteiger partial charge in [-0.1, -0.05) is 13.0 Å². The highest BCUT2D eigenvalue weighted by Crippen LogP contribution is 2.38. The summed E-state index contributed by atoms with van der Waals surface area (Å²) in [6.45, 7) is 4.58. The molecule has 0 saturated heterocycles. The van der Waals surface area contributed by atoms with E-state index < -0.39 is 10.0 Å². The molecule has 94 valence electrons. The Kier molecular flexibility index (Phi) is 3.52. The van der Waals surface area contributed by atoms with Crippen LogP contribution in [-0.4, -0.2) is 25.5 Å². The molecule has 0 saturated carbocycles. The standard InChI is InChI=1S/C12H17NO2S2/c1-4-7-16-11-6-5-9(2)10-8-13(3)17(14,15)12(10)11/h5-6H,4,7-8H2,1-3H3. The van der Waals surface area contributed by atoms with Crippen LogP contribution in [0, 0.1) is 6.92 Å². The summed E-state index contributed by atoms with van der Waals surface area (Å²) < 4.78 is 25.9. The molecule has 1 aromatic carbocycles. The molecule has 1 heterocycles. The van der Waals surface area contributed by atoms with Gasteiger partial charge in [-0.15, -0.1) is 11.8 Å². The van der Waals surface area contributed by atoms with Crippen molar-refractivity contribution < 1.29 is 8.42 Å². The molecule has 0 bridgehead atoms. The normalized spacial score (nSPS) is 18.3. The SMILES string of the molecule is CCCSc1ccc(C)c2c1S(=O)(=O)N(C)C2. The molecule has 0 amide bonds. The van der Waals surface area contributed by atoms with Crippen molar-refractivity contribution in [3.8, 4) is 0 Å². The summed E-state index contributed by atoms with van der Waals surface area (Å²) in [5, 5.41) is 0. The smallest absolute Gasteiger partial charge is 0.207 e. The first-order chi connectivity index (χ1) is 7.98. The minimum absolute atomic E-state index is 0.504. The summed E-state index contributed by atoms with van der Waals surface area (Å²) in [5.41, 5.74) is 2.03. The first-order valence-corrected chi connectivity index (χ1v) is 8.12. The molecule has 1 aliphatic heterocycles. The van der Waals surface area contributed by atoms with E-state index in [0.717, 1.165) is 28.2 Å². The van der Waals surface area contributed by atoms with Crippen molar-refractivity contribution in [3.05, 3.63) is 23.3 Å². The number of hydrogen-bond donors (Lipinski definition) is 0. The van der Waals surface area contributed by atoms with Gasteiger partial charge in [0.05, 0.1) is 0 Å². The number of nitrogens with zero attached hydrogens (tertiary/aromatic N) is 1. The van der Waals surface area contributed by atoms with Gasteiger partial charge in [0.15, 0.2) is 0 Å². The van der Waals surface area contributed by atoms with E-state index >= 15 is 0 Å². The van der Waals surface area contributed by atoms with Gasteiger partial charge in [0.1, 0.15) is 4.90 Å². The predicted molar refractivity (Wildman–Crippen MR) is 70.8 cm³/mol. The zero-order valence-electron chi connectivity index (χ0n) is 10.4. The van der Waals surface area contributed by atoms with Crippen LogP contribution < -0.4 is 0 Å². The Bertz CT molecular complexity index is 538. The highest BCUT2D eigenvalue weighted by Gasteiger charge is 2.35. The molecule has 17 heavy (non-hydrogen) atoms. The maximum Gasteiger partial charge on any atom is 0.244 e. The Morgan fingerprint density at radius 3 is 2.76 bits per heavy atom. The molecule has 0 radical (unpaired) electrons. The second-order valence-corrected chi connectivity index (χ2v) is 7.42. The van der Waals surface area contributed by atoms with Gasteiger partial charge in [0.2, 0.25) is 10.0 Å². The van der Waals surface area contributed by atoms with E-state index in [1.807, 2.05) is 19.1 Å². The molecule has 0 atom stereocenters. The van der Waals surface area contributed by atoms with Gasteiger partial charge in [0.25, 0.3) is 0 Å². The summed E-state index contributed by atoms with van der Waals surface area (Å²) in [7, 11) is -1.61. The number of rotatable bonds is 3. The van der Waals surface area contributed by atoms with Crippen LogP contribution in [-0.2, 0) is 16.6 Å². The number of hydrogen-bond acceptors (Lipinski definition) is 3. The Hall–Kier alpha value is -0.520. The quantitative estimate of drug-likeness (QED) is 0.793. The van der Waals surface area contributed by atoms with E-state index in [0.29, 0.717) is 11.4 Å². The van der Waals surface area contributed by atoms with Crippen LogP contribution in [0.2, 0.25) is 0 Å². The average molecular weight is 271 g/mol. The lowest BCUT2D eigenvalue weighted by molar-refractivity contribution is 0.488. The lowest BCUT2D eigenvalue weighted by Gasteiger charge is -2.09. The molecular weight excluding hydrogens is 254 g/mol. The minimum atomic E-state index is -3.26. The van der Waals surface area contributed by atoms with E-state index in [2.05, 4.69) is 6.92 Å². The van der Waals surface area contributed by atoms with E-state index in [-0.39, 0.29) is 0 Å². The molecule has 1 aliphatic rings. The van der Waals surface area contributed by atoms with Crippen LogP contribution in [0.4, 0.5) is 0 Å². The third-order valence-corrected chi connectivity index (χ3v) is 6.29. The van der Waals surface area contributed by atoms with Crippen molar-refractivity contribution >= 4 is 21.8 Å². The first-order valence-electron chi connectivity index (χ1n) is 5.70. The number of fused-ring (bicyclic) bond motifs is 1. The molecule has 1 aromatic rings. The second-order valence-electron chi connectivity index (χ2n) is 4.30. The van der Waals surface area contributed by atoms with Gasteiger partial charge in [-0.05, 0) is 36.3 Å². The van der Waals surface area contributed by atoms with Crippen LogP contribution in [0.1, 0.15) is 24.5 Å². The molecule has 0 aromatic heterocycles. The van der Waals surface area contributed by atoms with Crippen molar-refractivity contribution in [2.45, 2.75) is 36.6 Å². The monoisotopic (exact) mass is 271 g/mol. The fourth-order valence-corrected chi connectivity index (χ4v) is 4.78. The lowest BCUT2D eigenvalue weighted by Crippen LogP contribution is -2.18. The van der Waals surface area contributed by atoms with E-state index in [1.54, 1.807) is 18.8 Å². The Morgan fingerprint density at radius 1 is 1.41 bits per heavy atom. The maximum absolute atomic E-state index is 12.2. The van der Waals surface area contributed by atoms with Crippen LogP contribution in [0.5, 0.6) is 0 Å². The van der Waals surface area contributed by atoms with E-state index in [9.17, 15) is 8.42 Å². The largest absolute Gasteiger partial charge is 0.244 e. The van der Waals surface area contributed by atoms with Crippen molar-refractivity contribution in [3.63, 3.8) is 0 Å². The number of sulfonamides is 1. The molecule has 0 unspecified atom stereocenters. The minimum Gasteiger partial charge on any atom is -0.207 e. The van der Waals surface area contributed by atoms with Crippen LogP contribution >= 0.6 is 11.8 Å². The summed E-state index contributed by atoms with van der Waals surface area (Å²) in [6, 6.07) is 3.96. The molecule has 5 heteroatoms. The lowest BCUT2D eigenvalue weighted by atomic mass is 10.1. The summed E-state index contributed by atoms with van der Waals surface area (Å²) in [4.78, 5) is 1.44. The Balaban J connectivity index is 2.57. The number of thioether (sulfide) groups is 1. The van der Waals surface area contributed by atoms with Crippen LogP contribution in [0.25, 0.3) is 0 Å². The maximum atomic E-state index is 12.2. The molecule has 3 nitrogen and oxygen atoms in total. The van der Waals surface area contributed by atoms with Gasteiger partial charge >= 0.3 is 0 Å².